The minimum atomic E-state index is -1.52. The zero-order valence-corrected chi connectivity index (χ0v) is 21.1. The van der Waals surface area contributed by atoms with Crippen LogP contribution in [0.3, 0.4) is 0 Å². The van der Waals surface area contributed by atoms with E-state index in [1.165, 1.54) is 0 Å². The molecule has 1 saturated carbocycles. The Hall–Kier alpha value is -1.38. The maximum Gasteiger partial charge on any atom is 0.229 e. The fourth-order valence-corrected chi connectivity index (χ4v) is 5.69. The summed E-state index contributed by atoms with van der Waals surface area (Å²) in [4.78, 5) is 0. The fourth-order valence-electron chi connectivity index (χ4n) is 5.69. The molecular formula is C27H44O7. The first-order valence-electron chi connectivity index (χ1n) is 13.0. The second-order valence-electron chi connectivity index (χ2n) is 10.7. The van der Waals surface area contributed by atoms with Gasteiger partial charge in [-0.2, -0.15) is 0 Å². The number of rotatable bonds is 9. The normalized spacial score (nSPS) is 34.4. The molecule has 1 aliphatic carbocycles. The minimum Gasteiger partial charge on any atom is -0.508 e. The van der Waals surface area contributed by atoms with E-state index >= 15 is 0 Å². The Labute approximate surface area is 203 Å². The predicted octanol–water partition coefficient (Wildman–Crippen LogP) is 3.48. The molecule has 0 aromatic heterocycles. The van der Waals surface area contributed by atoms with Crippen LogP contribution in [-0.4, -0.2) is 62.8 Å². The molecule has 1 aromatic carbocycles. The highest BCUT2D eigenvalue weighted by Crippen LogP contribution is 2.50. The third kappa shape index (κ3) is 6.05. The van der Waals surface area contributed by atoms with E-state index < -0.39 is 37.3 Å². The number of unbranched alkanes of at least 4 members (excludes halogenated alkanes) is 2. The number of phenolic OH excluding ortho intramolecular Hbond substituents is 1. The molecule has 1 saturated heterocycles. The zero-order valence-electron chi connectivity index (χ0n) is 21.1. The molecule has 8 atom stereocenters. The summed E-state index contributed by atoms with van der Waals surface area (Å²) < 4.78 is 11.8. The number of aromatic hydroxyl groups is 1. The van der Waals surface area contributed by atoms with Crippen molar-refractivity contribution in [3.05, 3.63) is 23.3 Å². The molecule has 0 amide bonds. The molecule has 194 valence electrons. The number of hydrogen-bond donors (Lipinski definition) is 5. The van der Waals surface area contributed by atoms with Gasteiger partial charge in [0.05, 0.1) is 6.61 Å². The molecule has 7 nitrogen and oxygen atoms in total. The molecule has 0 spiro atoms. The number of phenols is 1. The van der Waals surface area contributed by atoms with Crippen molar-refractivity contribution in [2.45, 2.75) is 109 Å². The number of benzene rings is 1. The summed E-state index contributed by atoms with van der Waals surface area (Å²) in [5.74, 6) is 2.06. The molecule has 1 aromatic rings. The van der Waals surface area contributed by atoms with Gasteiger partial charge < -0.3 is 35.0 Å². The van der Waals surface area contributed by atoms with Gasteiger partial charge in [0.15, 0.2) is 0 Å². The van der Waals surface area contributed by atoms with Crippen LogP contribution in [0.2, 0.25) is 0 Å². The Morgan fingerprint density at radius 3 is 2.44 bits per heavy atom. The van der Waals surface area contributed by atoms with Crippen LogP contribution in [0.1, 0.15) is 83.3 Å². The lowest BCUT2D eigenvalue weighted by Crippen LogP contribution is -2.60. The predicted molar refractivity (Wildman–Crippen MR) is 130 cm³/mol. The standard InChI is InChI=1S/C27H44O7/c1-5-6-7-8-17-12-20(29)23(19-11-16(4)9-10-18(19)15(2)3)21(13-17)33-27-26(32)25(31)24(30)22(14-28)34-27/h12-13,15-16,18-19,22,24-32H,5-11,14H2,1-4H3/t16-,18-,19+,22+,24+,25-,26+,27+/m0/s1. The maximum absolute atomic E-state index is 11.2. The van der Waals surface area contributed by atoms with Gasteiger partial charge in [0.2, 0.25) is 6.29 Å². The van der Waals surface area contributed by atoms with E-state index in [1.807, 2.05) is 12.1 Å². The molecule has 5 N–H and O–H groups in total. The Morgan fingerprint density at radius 1 is 1.06 bits per heavy atom. The minimum absolute atomic E-state index is 0.0910. The first-order valence-corrected chi connectivity index (χ1v) is 13.0. The van der Waals surface area contributed by atoms with E-state index in [0.29, 0.717) is 23.5 Å². The first-order chi connectivity index (χ1) is 16.2. The number of aliphatic hydroxyl groups excluding tert-OH is 4. The van der Waals surface area contributed by atoms with Crippen LogP contribution in [0.5, 0.6) is 11.5 Å². The highest BCUT2D eigenvalue weighted by atomic mass is 16.7. The Kier molecular flexibility index (Phi) is 9.64. The van der Waals surface area contributed by atoms with Crippen molar-refractivity contribution in [1.82, 2.24) is 0 Å². The van der Waals surface area contributed by atoms with Crippen LogP contribution >= 0.6 is 0 Å². The summed E-state index contributed by atoms with van der Waals surface area (Å²) in [6.45, 7) is 8.28. The van der Waals surface area contributed by atoms with E-state index in [1.54, 1.807) is 0 Å². The van der Waals surface area contributed by atoms with Gasteiger partial charge >= 0.3 is 0 Å². The van der Waals surface area contributed by atoms with Gasteiger partial charge in [0.1, 0.15) is 35.9 Å². The molecule has 0 unspecified atom stereocenters. The highest BCUT2D eigenvalue weighted by molar-refractivity contribution is 5.50. The van der Waals surface area contributed by atoms with E-state index in [-0.39, 0.29) is 11.7 Å². The van der Waals surface area contributed by atoms with E-state index in [2.05, 4.69) is 27.7 Å². The SMILES string of the molecule is CCCCCc1cc(O)c([C@@H]2C[C@@H](C)CC[C@H]2C(C)C)c(O[C@@H]2O[C@H](CO)[C@@H](O)[C@H](O)[C@H]2O)c1. The molecule has 0 bridgehead atoms. The van der Waals surface area contributed by atoms with Gasteiger partial charge in [0, 0.05) is 5.56 Å². The second-order valence-corrected chi connectivity index (χ2v) is 10.7. The van der Waals surface area contributed by atoms with Gasteiger partial charge in [-0.1, -0.05) is 47.0 Å². The van der Waals surface area contributed by atoms with Crippen LogP contribution in [0.25, 0.3) is 0 Å². The topological polar surface area (TPSA) is 120 Å². The summed E-state index contributed by atoms with van der Waals surface area (Å²) in [5.41, 5.74) is 1.67. The van der Waals surface area contributed by atoms with E-state index in [4.69, 9.17) is 9.47 Å². The highest BCUT2D eigenvalue weighted by Gasteiger charge is 2.45. The molecule has 1 heterocycles. The Morgan fingerprint density at radius 2 is 1.79 bits per heavy atom. The molecule has 2 aliphatic rings. The molecule has 0 radical (unpaired) electrons. The van der Waals surface area contributed by atoms with Crippen LogP contribution in [0, 0.1) is 17.8 Å². The summed E-state index contributed by atoms with van der Waals surface area (Å²) in [6, 6.07) is 3.75. The van der Waals surface area contributed by atoms with Gasteiger partial charge in [-0.05, 0) is 67.1 Å². The van der Waals surface area contributed by atoms with Crippen LogP contribution < -0.4 is 4.74 Å². The molecule has 34 heavy (non-hydrogen) atoms. The molecule has 7 heteroatoms. The van der Waals surface area contributed by atoms with E-state index in [0.717, 1.165) is 56.1 Å². The molecule has 3 rings (SSSR count). The number of ether oxygens (including phenoxy) is 2. The Balaban J connectivity index is 2.00. The lowest BCUT2D eigenvalue weighted by molar-refractivity contribution is -0.277. The van der Waals surface area contributed by atoms with Crippen molar-refractivity contribution >= 4 is 0 Å². The van der Waals surface area contributed by atoms with Gasteiger partial charge in [-0.3, -0.25) is 0 Å². The smallest absolute Gasteiger partial charge is 0.229 e. The van der Waals surface area contributed by atoms with Crippen molar-refractivity contribution in [2.24, 2.45) is 17.8 Å². The zero-order chi connectivity index (χ0) is 25.0. The van der Waals surface area contributed by atoms with Crippen LogP contribution in [0.15, 0.2) is 12.1 Å². The van der Waals surface area contributed by atoms with Gasteiger partial charge in [-0.15, -0.1) is 0 Å². The lowest BCUT2D eigenvalue weighted by atomic mass is 9.67. The van der Waals surface area contributed by atoms with Gasteiger partial charge in [-0.25, -0.2) is 0 Å². The number of hydrogen-bond acceptors (Lipinski definition) is 7. The van der Waals surface area contributed by atoms with E-state index in [9.17, 15) is 25.5 Å². The Bertz CT molecular complexity index is 780. The molecule has 2 fully saturated rings. The average molecular weight is 481 g/mol. The molecule has 1 aliphatic heterocycles. The van der Waals surface area contributed by atoms with Crippen molar-refractivity contribution < 1.29 is 35.0 Å². The third-order valence-corrected chi connectivity index (χ3v) is 7.73. The van der Waals surface area contributed by atoms with Crippen molar-refractivity contribution in [2.75, 3.05) is 6.61 Å². The second kappa shape index (κ2) is 12.0. The van der Waals surface area contributed by atoms with Crippen molar-refractivity contribution in [3.8, 4) is 11.5 Å². The molecular weight excluding hydrogens is 436 g/mol. The lowest BCUT2D eigenvalue weighted by Gasteiger charge is -2.41. The van der Waals surface area contributed by atoms with Crippen LogP contribution in [0.4, 0.5) is 0 Å². The maximum atomic E-state index is 11.2. The largest absolute Gasteiger partial charge is 0.508 e. The monoisotopic (exact) mass is 480 g/mol. The average Bonchev–Trinajstić information content (AvgIpc) is 2.79. The first kappa shape index (κ1) is 27.2. The summed E-state index contributed by atoms with van der Waals surface area (Å²) in [6.07, 6.45) is 0.319. The third-order valence-electron chi connectivity index (χ3n) is 7.73. The summed E-state index contributed by atoms with van der Waals surface area (Å²) >= 11 is 0. The summed E-state index contributed by atoms with van der Waals surface area (Å²) in [5, 5.41) is 51.8. The number of aliphatic hydroxyl groups is 4. The van der Waals surface area contributed by atoms with Crippen molar-refractivity contribution in [1.29, 1.82) is 0 Å². The fraction of sp³-hybridized carbons (Fsp3) is 0.778. The summed E-state index contributed by atoms with van der Waals surface area (Å²) in [7, 11) is 0. The van der Waals surface area contributed by atoms with Crippen LogP contribution in [-0.2, 0) is 11.2 Å². The van der Waals surface area contributed by atoms with Gasteiger partial charge in [0.25, 0.3) is 0 Å². The van der Waals surface area contributed by atoms with Crippen molar-refractivity contribution in [3.63, 3.8) is 0 Å². The number of aryl methyl sites for hydroxylation is 1. The quantitative estimate of drug-likeness (QED) is 0.343.